The molecule has 2 aromatic carbocycles. The van der Waals surface area contributed by atoms with Crippen LogP contribution in [0.4, 0.5) is 0 Å². The van der Waals surface area contributed by atoms with Crippen LogP contribution in [0.15, 0.2) is 102 Å². The summed E-state index contributed by atoms with van der Waals surface area (Å²) in [5.41, 5.74) is -1.21. The molecule has 4 aromatic rings. The Morgan fingerprint density at radius 3 is 1.24 bits per heavy atom. The summed E-state index contributed by atoms with van der Waals surface area (Å²) in [4.78, 5) is 8.23. The predicted molar refractivity (Wildman–Crippen MR) is 217 cm³/mol. The van der Waals surface area contributed by atoms with Crippen molar-refractivity contribution in [1.82, 2.24) is 9.97 Å². The molecule has 3 fully saturated rings. The highest BCUT2D eigenvalue weighted by molar-refractivity contribution is 9.10. The average Bonchev–Trinajstić information content (AvgIpc) is 3.55. The minimum Gasteiger partial charge on any atom is -0.439 e. The van der Waals surface area contributed by atoms with E-state index in [0.29, 0.717) is 17.5 Å². The lowest BCUT2D eigenvalue weighted by Gasteiger charge is -2.32. The van der Waals surface area contributed by atoms with Crippen LogP contribution < -0.4 is 14.9 Å². The van der Waals surface area contributed by atoms with E-state index in [-0.39, 0.29) is 33.6 Å². The van der Waals surface area contributed by atoms with E-state index in [9.17, 15) is 0 Å². The number of hydrogen-bond donors (Lipinski definition) is 0. The molecule has 3 aliphatic rings. The first-order valence-corrected chi connectivity index (χ1v) is 19.0. The average molecular weight is 801 g/mol. The first kappa shape index (κ1) is 41.9. The van der Waals surface area contributed by atoms with Crippen molar-refractivity contribution in [2.75, 3.05) is 0 Å². The molecule has 0 unspecified atom stereocenters. The SMILES string of the molecule is Brc1cccc(Oc2ccccn2)c1.CC1(C)OB(B2OC(C)(C)C(C)(C)O2)OC1(C)C.CC1(C)OB(c2cccc(Oc3ccccn3)c2)OC1(C)C. The number of aromatic nitrogens is 2. The van der Waals surface area contributed by atoms with Crippen LogP contribution in [0.1, 0.15) is 83.1 Å². The molecule has 3 aliphatic heterocycles. The standard InChI is InChI=1S/C17H20BNO3.C12H24B2O4.C11H8BrNO/c1-16(2)17(3,4)22-18(21-16)13-8-7-9-14(12-13)20-15-10-5-6-11-19-15;1-9(2)10(3,4)16-13(15-9)14-17-11(5,6)12(7,8)18-14;12-9-4-3-5-10(8-9)14-11-6-1-2-7-13-11/h5-12H,1-4H3;1-8H3;1-8H. The number of pyridine rings is 2. The van der Waals surface area contributed by atoms with Crippen molar-refractivity contribution in [3.63, 3.8) is 0 Å². The molecule has 54 heavy (non-hydrogen) atoms. The van der Waals surface area contributed by atoms with E-state index in [2.05, 4.69) is 25.9 Å². The molecule has 0 amide bonds. The van der Waals surface area contributed by atoms with Gasteiger partial charge in [0.25, 0.3) is 0 Å². The molecule has 0 atom stereocenters. The predicted octanol–water partition coefficient (Wildman–Crippen LogP) is 9.06. The first-order valence-electron chi connectivity index (χ1n) is 18.2. The lowest BCUT2D eigenvalue weighted by atomic mass is 9.49. The van der Waals surface area contributed by atoms with Gasteiger partial charge in [-0.1, -0.05) is 46.3 Å². The van der Waals surface area contributed by atoms with Gasteiger partial charge >= 0.3 is 21.1 Å². The van der Waals surface area contributed by atoms with Gasteiger partial charge in [-0.15, -0.1) is 0 Å². The van der Waals surface area contributed by atoms with E-state index < -0.39 is 21.1 Å². The molecule has 2 aromatic heterocycles. The number of rotatable bonds is 6. The molecule has 0 bridgehead atoms. The maximum atomic E-state index is 6.06. The largest absolute Gasteiger partial charge is 0.494 e. The smallest absolute Gasteiger partial charge is 0.439 e. The molecule has 286 valence electrons. The Kier molecular flexibility index (Phi) is 12.5. The van der Waals surface area contributed by atoms with Crippen LogP contribution in [0.5, 0.6) is 23.3 Å². The molecule has 3 saturated heterocycles. The molecule has 0 aliphatic carbocycles. The molecule has 14 heteroatoms. The molecule has 7 rings (SSSR count). The molecule has 0 saturated carbocycles. The summed E-state index contributed by atoms with van der Waals surface area (Å²) in [6, 6.07) is 26.5. The van der Waals surface area contributed by atoms with Crippen molar-refractivity contribution >= 4 is 42.5 Å². The first-order chi connectivity index (χ1) is 25.1. The van der Waals surface area contributed by atoms with Gasteiger partial charge in [0.1, 0.15) is 11.5 Å². The van der Waals surface area contributed by atoms with Gasteiger partial charge in [0, 0.05) is 29.0 Å². The zero-order valence-corrected chi connectivity index (χ0v) is 35.1. The van der Waals surface area contributed by atoms with Gasteiger partial charge in [-0.05, 0) is 131 Å². The number of benzene rings is 2. The maximum Gasteiger partial charge on any atom is 0.494 e. The molecule has 0 radical (unpaired) electrons. The van der Waals surface area contributed by atoms with E-state index >= 15 is 0 Å². The van der Waals surface area contributed by atoms with Crippen LogP contribution in [-0.2, 0) is 27.9 Å². The zero-order valence-electron chi connectivity index (χ0n) is 33.5. The Balaban J connectivity index is 0.000000160. The molecule has 0 N–H and O–H groups in total. The number of ether oxygens (including phenoxy) is 2. The summed E-state index contributed by atoms with van der Waals surface area (Å²) < 4.78 is 48.2. The molecular formula is C40H52B3BrN2O8. The Hall–Kier alpha value is -3.23. The van der Waals surface area contributed by atoms with Crippen LogP contribution in [0, 0.1) is 0 Å². The van der Waals surface area contributed by atoms with Gasteiger partial charge in [0.05, 0.1) is 33.6 Å². The Morgan fingerprint density at radius 2 is 0.852 bits per heavy atom. The quantitative estimate of drug-likeness (QED) is 0.176. The van der Waals surface area contributed by atoms with Crippen molar-refractivity contribution in [1.29, 1.82) is 0 Å². The van der Waals surface area contributed by atoms with E-state index in [4.69, 9.17) is 37.4 Å². The molecule has 10 nitrogen and oxygen atoms in total. The fourth-order valence-electron chi connectivity index (χ4n) is 5.29. The second kappa shape index (κ2) is 16.1. The third kappa shape index (κ3) is 9.95. The highest BCUT2D eigenvalue weighted by atomic mass is 79.9. The Bertz CT molecular complexity index is 1770. The van der Waals surface area contributed by atoms with Gasteiger partial charge in [0.2, 0.25) is 11.8 Å². The minimum absolute atomic E-state index is 0.352. The lowest BCUT2D eigenvalue weighted by molar-refractivity contribution is 0.00578. The van der Waals surface area contributed by atoms with Gasteiger partial charge in [-0.25, -0.2) is 9.97 Å². The fraction of sp³-hybridized carbons (Fsp3) is 0.450. The number of nitrogens with zero attached hydrogens (tertiary/aromatic N) is 2. The lowest BCUT2D eigenvalue weighted by Crippen LogP contribution is -2.41. The van der Waals surface area contributed by atoms with Crippen LogP contribution in [-0.4, -0.2) is 64.7 Å². The van der Waals surface area contributed by atoms with Crippen LogP contribution in [0.2, 0.25) is 0 Å². The highest BCUT2D eigenvalue weighted by Gasteiger charge is 2.63. The topological polar surface area (TPSA) is 99.6 Å². The fourth-order valence-corrected chi connectivity index (χ4v) is 5.67. The van der Waals surface area contributed by atoms with Gasteiger partial charge in [0.15, 0.2) is 0 Å². The highest BCUT2D eigenvalue weighted by Crippen LogP contribution is 2.43. The minimum atomic E-state index is -0.476. The van der Waals surface area contributed by atoms with Crippen molar-refractivity contribution in [2.24, 2.45) is 0 Å². The number of halogens is 1. The second-order valence-electron chi connectivity index (χ2n) is 16.4. The molecule has 5 heterocycles. The van der Waals surface area contributed by atoms with Crippen molar-refractivity contribution < 1.29 is 37.4 Å². The van der Waals surface area contributed by atoms with E-state index in [1.807, 2.05) is 168 Å². The maximum absolute atomic E-state index is 6.06. The summed E-state index contributed by atoms with van der Waals surface area (Å²) in [7, 11) is -1.34. The summed E-state index contributed by atoms with van der Waals surface area (Å²) in [5, 5.41) is 0. The normalized spacial score (nSPS) is 21.0. The van der Waals surface area contributed by atoms with E-state index in [1.54, 1.807) is 12.4 Å². The van der Waals surface area contributed by atoms with Gasteiger partial charge in [-0.3, -0.25) is 0 Å². The van der Waals surface area contributed by atoms with Crippen LogP contribution in [0.3, 0.4) is 0 Å². The van der Waals surface area contributed by atoms with Crippen LogP contribution in [0.25, 0.3) is 0 Å². The van der Waals surface area contributed by atoms with Gasteiger partial charge in [-0.2, -0.15) is 0 Å². The van der Waals surface area contributed by atoms with Gasteiger partial charge < -0.3 is 37.4 Å². The summed E-state index contributed by atoms with van der Waals surface area (Å²) >= 11 is 3.38. The third-order valence-corrected chi connectivity index (χ3v) is 11.2. The van der Waals surface area contributed by atoms with Crippen LogP contribution >= 0.6 is 15.9 Å². The second-order valence-corrected chi connectivity index (χ2v) is 17.3. The van der Waals surface area contributed by atoms with Crippen molar-refractivity contribution in [3.05, 3.63) is 102 Å². The molecular weight excluding hydrogens is 749 g/mol. The third-order valence-electron chi connectivity index (χ3n) is 10.7. The van der Waals surface area contributed by atoms with Crippen molar-refractivity contribution in [2.45, 2.75) is 117 Å². The monoisotopic (exact) mass is 800 g/mol. The Morgan fingerprint density at radius 1 is 0.463 bits per heavy atom. The van der Waals surface area contributed by atoms with E-state index in [1.165, 1.54) is 0 Å². The van der Waals surface area contributed by atoms with E-state index in [0.717, 1.165) is 15.7 Å². The van der Waals surface area contributed by atoms with Crippen molar-refractivity contribution in [3.8, 4) is 23.3 Å². The summed E-state index contributed by atoms with van der Waals surface area (Å²) in [5.74, 6) is 2.66. The number of hydrogen-bond acceptors (Lipinski definition) is 10. The Labute approximate surface area is 330 Å². The molecule has 0 spiro atoms. The summed E-state index contributed by atoms with van der Waals surface area (Å²) in [6.45, 7) is 24.4. The summed E-state index contributed by atoms with van der Waals surface area (Å²) in [6.07, 6.45) is 3.40. The zero-order chi connectivity index (χ0) is 39.6.